The number of likely N-dealkylation sites (tertiary alicyclic amines) is 1. The Hall–Kier alpha value is -0.0800. The lowest BCUT2D eigenvalue weighted by Gasteiger charge is -2.60. The summed E-state index contributed by atoms with van der Waals surface area (Å²) in [5.74, 6) is 2.51. The summed E-state index contributed by atoms with van der Waals surface area (Å²) in [6.45, 7) is 2.67. The smallest absolute Gasteiger partial charge is 0.0657 e. The van der Waals surface area contributed by atoms with Crippen LogP contribution in [0.25, 0.3) is 0 Å². The molecule has 5 aliphatic rings. The highest BCUT2D eigenvalue weighted by atomic mass is 16.3. The molecule has 0 spiro atoms. The third-order valence-electron chi connectivity index (χ3n) is 6.00. The van der Waals surface area contributed by atoms with Gasteiger partial charge in [0.05, 0.1) is 5.60 Å². The number of hydrogen-bond donors (Lipinski definition) is 1. The Morgan fingerprint density at radius 1 is 0.882 bits per heavy atom. The Morgan fingerprint density at radius 2 is 1.53 bits per heavy atom. The van der Waals surface area contributed by atoms with Gasteiger partial charge in [-0.3, -0.25) is 4.90 Å². The van der Waals surface area contributed by atoms with Crippen LogP contribution >= 0.6 is 0 Å². The largest absolute Gasteiger partial charge is 0.390 e. The minimum Gasteiger partial charge on any atom is -0.390 e. The lowest BCUT2D eigenvalue weighted by atomic mass is 9.52. The highest BCUT2D eigenvalue weighted by molar-refractivity contribution is 5.08. The first-order valence-electron chi connectivity index (χ1n) is 7.70. The SMILES string of the molecule is OC12CC3C[C@H](C1)C(N1CCCCC1)[C@@H](C3)C2. The monoisotopic (exact) mass is 235 g/mol. The average molecular weight is 235 g/mol. The predicted molar refractivity (Wildman–Crippen MR) is 67.7 cm³/mol. The Balaban J connectivity index is 1.57. The summed E-state index contributed by atoms with van der Waals surface area (Å²) in [7, 11) is 0. The molecule has 0 amide bonds. The van der Waals surface area contributed by atoms with Crippen molar-refractivity contribution in [2.24, 2.45) is 17.8 Å². The maximum absolute atomic E-state index is 10.6. The van der Waals surface area contributed by atoms with Crippen LogP contribution in [0.3, 0.4) is 0 Å². The van der Waals surface area contributed by atoms with Crippen molar-refractivity contribution in [2.45, 2.75) is 63.0 Å². The molecule has 2 nitrogen and oxygen atoms in total. The molecule has 2 heteroatoms. The third-order valence-corrected chi connectivity index (χ3v) is 6.00. The quantitative estimate of drug-likeness (QED) is 0.754. The molecule has 0 aromatic rings. The molecule has 1 aliphatic heterocycles. The first kappa shape index (κ1) is 10.8. The highest BCUT2D eigenvalue weighted by Gasteiger charge is 2.55. The minimum atomic E-state index is -0.247. The maximum Gasteiger partial charge on any atom is 0.0657 e. The average Bonchev–Trinajstić information content (AvgIpc) is 2.27. The number of rotatable bonds is 1. The normalized spacial score (nSPS) is 54.2. The molecule has 4 aliphatic carbocycles. The lowest BCUT2D eigenvalue weighted by Crippen LogP contribution is -2.62. The van der Waals surface area contributed by atoms with E-state index < -0.39 is 0 Å². The Labute approximate surface area is 104 Å². The molecule has 5 fully saturated rings. The molecular formula is C15H25NO. The van der Waals surface area contributed by atoms with Crippen LogP contribution in [-0.2, 0) is 0 Å². The summed E-state index contributed by atoms with van der Waals surface area (Å²) >= 11 is 0. The summed E-state index contributed by atoms with van der Waals surface area (Å²) < 4.78 is 0. The number of hydrogen-bond acceptors (Lipinski definition) is 2. The summed E-state index contributed by atoms with van der Waals surface area (Å²) in [5, 5.41) is 10.6. The van der Waals surface area contributed by atoms with Crippen LogP contribution in [0, 0.1) is 17.8 Å². The van der Waals surface area contributed by atoms with E-state index in [4.69, 9.17) is 0 Å². The van der Waals surface area contributed by atoms with Gasteiger partial charge in [-0.15, -0.1) is 0 Å². The second-order valence-electron chi connectivity index (χ2n) is 7.28. The molecule has 96 valence electrons. The van der Waals surface area contributed by atoms with Gasteiger partial charge in [-0.1, -0.05) is 6.42 Å². The molecule has 4 saturated carbocycles. The second-order valence-corrected chi connectivity index (χ2v) is 7.28. The Kier molecular flexibility index (Phi) is 2.36. The van der Waals surface area contributed by atoms with Gasteiger partial charge in [-0.05, 0) is 75.8 Å². The van der Waals surface area contributed by atoms with Gasteiger partial charge >= 0.3 is 0 Å². The van der Waals surface area contributed by atoms with Crippen molar-refractivity contribution >= 4 is 0 Å². The molecule has 17 heavy (non-hydrogen) atoms. The minimum absolute atomic E-state index is 0.247. The van der Waals surface area contributed by atoms with E-state index in [2.05, 4.69) is 4.90 Å². The van der Waals surface area contributed by atoms with Crippen LogP contribution in [0.4, 0.5) is 0 Å². The standard InChI is InChI=1S/C15H25NO/c17-15-8-11-6-12(9-15)14(13(7-11)10-15)16-4-2-1-3-5-16/h11-14,17H,1-10H2/t11?,12-,13+,14?,15?. The molecule has 5 atom stereocenters. The van der Waals surface area contributed by atoms with Crippen LogP contribution < -0.4 is 0 Å². The first-order valence-corrected chi connectivity index (χ1v) is 7.70. The van der Waals surface area contributed by atoms with Gasteiger partial charge in [0.2, 0.25) is 0 Å². The molecule has 5 rings (SSSR count). The van der Waals surface area contributed by atoms with Gasteiger partial charge in [-0.25, -0.2) is 0 Å². The fraction of sp³-hybridized carbons (Fsp3) is 1.00. The van der Waals surface area contributed by atoms with Gasteiger partial charge in [0.15, 0.2) is 0 Å². The molecule has 4 bridgehead atoms. The van der Waals surface area contributed by atoms with E-state index in [9.17, 15) is 5.11 Å². The van der Waals surface area contributed by atoms with E-state index in [0.717, 1.165) is 43.1 Å². The van der Waals surface area contributed by atoms with Gasteiger partial charge in [0, 0.05) is 6.04 Å². The van der Waals surface area contributed by atoms with E-state index in [1.165, 1.54) is 45.2 Å². The zero-order chi connectivity index (χ0) is 11.5. The molecule has 0 aromatic carbocycles. The maximum atomic E-state index is 10.6. The Morgan fingerprint density at radius 3 is 2.12 bits per heavy atom. The molecule has 3 unspecified atom stereocenters. The summed E-state index contributed by atoms with van der Waals surface area (Å²) in [5.41, 5.74) is -0.247. The summed E-state index contributed by atoms with van der Waals surface area (Å²) in [4.78, 5) is 2.79. The summed E-state index contributed by atoms with van der Waals surface area (Å²) in [6, 6.07) is 0.840. The van der Waals surface area contributed by atoms with Crippen LogP contribution in [0.1, 0.15) is 51.4 Å². The second kappa shape index (κ2) is 3.71. The molecule has 0 aromatic heterocycles. The van der Waals surface area contributed by atoms with E-state index in [1.807, 2.05) is 0 Å². The van der Waals surface area contributed by atoms with Gasteiger partial charge in [-0.2, -0.15) is 0 Å². The number of piperidine rings is 1. The van der Waals surface area contributed by atoms with E-state index in [0.29, 0.717) is 0 Å². The predicted octanol–water partition coefficient (Wildman–Crippen LogP) is 2.41. The summed E-state index contributed by atoms with van der Waals surface area (Å²) in [6.07, 6.45) is 10.4. The van der Waals surface area contributed by atoms with E-state index in [1.54, 1.807) is 0 Å². The van der Waals surface area contributed by atoms with Crippen molar-refractivity contribution in [1.82, 2.24) is 4.90 Å². The van der Waals surface area contributed by atoms with E-state index >= 15 is 0 Å². The zero-order valence-corrected chi connectivity index (χ0v) is 10.8. The van der Waals surface area contributed by atoms with E-state index in [-0.39, 0.29) is 5.60 Å². The van der Waals surface area contributed by atoms with Crippen LogP contribution in [0.2, 0.25) is 0 Å². The van der Waals surface area contributed by atoms with Gasteiger partial charge in [0.25, 0.3) is 0 Å². The fourth-order valence-electron chi connectivity index (χ4n) is 5.77. The number of nitrogens with zero attached hydrogens (tertiary/aromatic N) is 1. The van der Waals surface area contributed by atoms with Crippen molar-refractivity contribution < 1.29 is 5.11 Å². The van der Waals surface area contributed by atoms with Gasteiger partial charge < -0.3 is 5.11 Å². The third kappa shape index (κ3) is 1.67. The van der Waals surface area contributed by atoms with Crippen molar-refractivity contribution in [3.63, 3.8) is 0 Å². The van der Waals surface area contributed by atoms with Crippen LogP contribution in [-0.4, -0.2) is 34.7 Å². The molecular weight excluding hydrogens is 210 g/mol. The number of aliphatic hydroxyl groups is 1. The first-order chi connectivity index (χ1) is 8.23. The molecule has 0 radical (unpaired) electrons. The molecule has 1 saturated heterocycles. The fourth-order valence-corrected chi connectivity index (χ4v) is 5.77. The van der Waals surface area contributed by atoms with Crippen LogP contribution in [0.5, 0.6) is 0 Å². The lowest BCUT2D eigenvalue weighted by molar-refractivity contribution is -0.161. The van der Waals surface area contributed by atoms with Crippen LogP contribution in [0.15, 0.2) is 0 Å². The molecule has 1 heterocycles. The highest BCUT2D eigenvalue weighted by Crippen LogP contribution is 2.57. The zero-order valence-electron chi connectivity index (χ0n) is 10.8. The Bertz CT molecular complexity index is 294. The van der Waals surface area contributed by atoms with Crippen molar-refractivity contribution in [3.8, 4) is 0 Å². The molecule has 1 N–H and O–H groups in total. The van der Waals surface area contributed by atoms with Crippen molar-refractivity contribution in [1.29, 1.82) is 0 Å². The topological polar surface area (TPSA) is 23.5 Å². The van der Waals surface area contributed by atoms with Gasteiger partial charge in [0.1, 0.15) is 0 Å². The van der Waals surface area contributed by atoms with Crippen molar-refractivity contribution in [3.05, 3.63) is 0 Å². The van der Waals surface area contributed by atoms with Crippen molar-refractivity contribution in [2.75, 3.05) is 13.1 Å².